The third-order valence-electron chi connectivity index (χ3n) is 3.61. The van der Waals surface area contributed by atoms with Crippen LogP contribution in [0.1, 0.15) is 12.8 Å². The number of carbonyl (C=O) groups excluding carboxylic acids is 1. The summed E-state index contributed by atoms with van der Waals surface area (Å²) in [6.45, 7) is 0. The lowest BCUT2D eigenvalue weighted by Gasteiger charge is -2.03. The molecule has 104 valence electrons. The summed E-state index contributed by atoms with van der Waals surface area (Å²) in [4.78, 5) is 16.2. The third kappa shape index (κ3) is 2.27. The molecule has 1 fully saturated rings. The monoisotopic (exact) mass is 278 g/mol. The zero-order chi connectivity index (χ0) is 14.2. The number of pyridine rings is 1. The van der Waals surface area contributed by atoms with Gasteiger partial charge in [-0.1, -0.05) is 36.4 Å². The van der Waals surface area contributed by atoms with Crippen molar-refractivity contribution in [3.8, 4) is 11.3 Å². The molecule has 1 aliphatic rings. The van der Waals surface area contributed by atoms with E-state index in [1.165, 1.54) is 0 Å². The molecule has 1 saturated carbocycles. The zero-order valence-corrected chi connectivity index (χ0v) is 11.4. The van der Waals surface area contributed by atoms with Crippen LogP contribution in [0.15, 0.2) is 48.5 Å². The summed E-state index contributed by atoms with van der Waals surface area (Å²) < 4.78 is 1.76. The number of benzene rings is 1. The normalized spacial score (nSPS) is 14.3. The molecule has 0 atom stereocenters. The lowest BCUT2D eigenvalue weighted by molar-refractivity contribution is -0.117. The first-order chi connectivity index (χ1) is 10.3. The summed E-state index contributed by atoms with van der Waals surface area (Å²) in [6.07, 6.45) is 1.93. The van der Waals surface area contributed by atoms with Crippen LogP contribution in [0.2, 0.25) is 0 Å². The number of anilines is 1. The molecule has 21 heavy (non-hydrogen) atoms. The Labute approximate surface area is 121 Å². The molecule has 1 N–H and O–H groups in total. The number of fused-ring (bicyclic) bond motifs is 1. The Balaban J connectivity index is 1.75. The van der Waals surface area contributed by atoms with Crippen LogP contribution in [0.4, 0.5) is 5.95 Å². The number of aromatic nitrogens is 3. The average Bonchev–Trinajstić information content (AvgIpc) is 3.28. The maximum Gasteiger partial charge on any atom is 0.249 e. The predicted octanol–water partition coefficient (Wildman–Crippen LogP) is 2.74. The molecule has 5 nitrogen and oxygen atoms in total. The Morgan fingerprint density at radius 1 is 1.10 bits per heavy atom. The van der Waals surface area contributed by atoms with Gasteiger partial charge in [-0.05, 0) is 25.0 Å². The van der Waals surface area contributed by atoms with Crippen molar-refractivity contribution in [1.29, 1.82) is 0 Å². The SMILES string of the molecule is O=C(Nc1nc2cccc(-c3ccccc3)n2n1)C1CC1. The minimum absolute atomic E-state index is 0.0205. The number of nitrogens with one attached hydrogen (secondary N) is 1. The first-order valence-corrected chi connectivity index (χ1v) is 7.03. The number of hydrogen-bond donors (Lipinski definition) is 1. The third-order valence-corrected chi connectivity index (χ3v) is 3.61. The maximum absolute atomic E-state index is 11.8. The van der Waals surface area contributed by atoms with Gasteiger partial charge in [-0.2, -0.15) is 4.98 Å². The molecule has 0 spiro atoms. The highest BCUT2D eigenvalue weighted by molar-refractivity contribution is 5.92. The Kier molecular flexibility index (Phi) is 2.70. The molecule has 0 radical (unpaired) electrons. The second kappa shape index (κ2) is 4.70. The topological polar surface area (TPSA) is 59.3 Å². The van der Waals surface area contributed by atoms with Crippen molar-refractivity contribution >= 4 is 17.5 Å². The van der Waals surface area contributed by atoms with Crippen LogP contribution in [-0.2, 0) is 4.79 Å². The summed E-state index contributed by atoms with van der Waals surface area (Å²) in [7, 11) is 0. The van der Waals surface area contributed by atoms with E-state index in [-0.39, 0.29) is 11.8 Å². The summed E-state index contributed by atoms with van der Waals surface area (Å²) in [5.74, 6) is 0.535. The van der Waals surface area contributed by atoms with Gasteiger partial charge in [-0.3, -0.25) is 10.1 Å². The summed E-state index contributed by atoms with van der Waals surface area (Å²) in [5, 5.41) is 7.20. The second-order valence-corrected chi connectivity index (χ2v) is 5.25. The number of hydrogen-bond acceptors (Lipinski definition) is 3. The quantitative estimate of drug-likeness (QED) is 0.801. The van der Waals surface area contributed by atoms with Crippen molar-refractivity contribution in [3.05, 3.63) is 48.5 Å². The number of nitrogens with zero attached hydrogens (tertiary/aromatic N) is 3. The summed E-state index contributed by atoms with van der Waals surface area (Å²) >= 11 is 0. The van der Waals surface area contributed by atoms with E-state index in [9.17, 15) is 4.79 Å². The fourth-order valence-corrected chi connectivity index (χ4v) is 2.34. The van der Waals surface area contributed by atoms with Crippen LogP contribution >= 0.6 is 0 Å². The lowest BCUT2D eigenvalue weighted by atomic mass is 10.1. The number of carbonyl (C=O) groups is 1. The molecular formula is C16H14N4O. The van der Waals surface area contributed by atoms with E-state index < -0.39 is 0 Å². The highest BCUT2D eigenvalue weighted by Crippen LogP contribution is 2.30. The Bertz CT molecular complexity index is 806. The molecule has 0 bridgehead atoms. The molecule has 3 aromatic rings. The standard InChI is InChI=1S/C16H14N4O/c21-15(12-9-10-12)18-16-17-14-8-4-7-13(20(14)19-16)11-5-2-1-3-6-11/h1-8,12H,9-10H2,(H,18,19,21). The van der Waals surface area contributed by atoms with E-state index in [1.807, 2.05) is 48.5 Å². The van der Waals surface area contributed by atoms with Crippen LogP contribution in [0.3, 0.4) is 0 Å². The van der Waals surface area contributed by atoms with Crippen molar-refractivity contribution in [2.45, 2.75) is 12.8 Å². The average molecular weight is 278 g/mol. The highest BCUT2D eigenvalue weighted by atomic mass is 16.2. The Morgan fingerprint density at radius 3 is 2.67 bits per heavy atom. The minimum atomic E-state index is 0.0205. The van der Waals surface area contributed by atoms with Gasteiger partial charge in [0.25, 0.3) is 0 Å². The molecule has 4 rings (SSSR count). The van der Waals surface area contributed by atoms with Crippen LogP contribution in [0.25, 0.3) is 16.9 Å². The van der Waals surface area contributed by atoms with Crippen molar-refractivity contribution < 1.29 is 4.79 Å². The van der Waals surface area contributed by atoms with Crippen LogP contribution in [0.5, 0.6) is 0 Å². The van der Waals surface area contributed by atoms with Gasteiger partial charge in [-0.25, -0.2) is 4.52 Å². The van der Waals surface area contributed by atoms with Crippen LogP contribution < -0.4 is 5.32 Å². The number of amides is 1. The van der Waals surface area contributed by atoms with Crippen molar-refractivity contribution in [1.82, 2.24) is 14.6 Å². The summed E-state index contributed by atoms with van der Waals surface area (Å²) in [5.41, 5.74) is 2.74. The second-order valence-electron chi connectivity index (χ2n) is 5.25. The highest BCUT2D eigenvalue weighted by Gasteiger charge is 2.30. The first-order valence-electron chi connectivity index (χ1n) is 7.03. The first kappa shape index (κ1) is 12.1. The number of rotatable bonds is 3. The van der Waals surface area contributed by atoms with Crippen LogP contribution in [0, 0.1) is 5.92 Å². The van der Waals surface area contributed by atoms with Gasteiger partial charge >= 0.3 is 0 Å². The van der Waals surface area contributed by atoms with E-state index in [0.717, 1.165) is 29.7 Å². The maximum atomic E-state index is 11.8. The van der Waals surface area contributed by atoms with Crippen molar-refractivity contribution in [2.75, 3.05) is 5.32 Å². The van der Waals surface area contributed by atoms with Crippen molar-refractivity contribution in [2.24, 2.45) is 5.92 Å². The molecule has 0 aliphatic heterocycles. The van der Waals surface area contributed by atoms with Gasteiger partial charge in [0.1, 0.15) is 0 Å². The van der Waals surface area contributed by atoms with E-state index in [4.69, 9.17) is 0 Å². The minimum Gasteiger partial charge on any atom is -0.293 e. The molecule has 1 aromatic carbocycles. The smallest absolute Gasteiger partial charge is 0.249 e. The Morgan fingerprint density at radius 2 is 1.90 bits per heavy atom. The van der Waals surface area contributed by atoms with Crippen molar-refractivity contribution in [3.63, 3.8) is 0 Å². The molecule has 2 aromatic heterocycles. The molecular weight excluding hydrogens is 264 g/mol. The van der Waals surface area contributed by atoms with Gasteiger partial charge < -0.3 is 0 Å². The van der Waals surface area contributed by atoms with Gasteiger partial charge in [-0.15, -0.1) is 5.10 Å². The summed E-state index contributed by atoms with van der Waals surface area (Å²) in [6, 6.07) is 15.8. The molecule has 1 amide bonds. The largest absolute Gasteiger partial charge is 0.293 e. The van der Waals surface area contributed by atoms with E-state index in [0.29, 0.717) is 5.95 Å². The zero-order valence-electron chi connectivity index (χ0n) is 11.4. The molecule has 0 unspecified atom stereocenters. The molecule has 5 heteroatoms. The van der Waals surface area contributed by atoms with Gasteiger partial charge in [0.05, 0.1) is 5.69 Å². The molecule has 1 aliphatic carbocycles. The Hall–Kier alpha value is -2.69. The van der Waals surface area contributed by atoms with Gasteiger partial charge in [0, 0.05) is 11.5 Å². The van der Waals surface area contributed by atoms with E-state index >= 15 is 0 Å². The van der Waals surface area contributed by atoms with Gasteiger partial charge in [0.15, 0.2) is 5.65 Å². The fraction of sp³-hybridized carbons (Fsp3) is 0.188. The van der Waals surface area contributed by atoms with Gasteiger partial charge in [0.2, 0.25) is 11.9 Å². The molecule has 2 heterocycles. The van der Waals surface area contributed by atoms with Crippen LogP contribution in [-0.4, -0.2) is 20.5 Å². The molecule has 0 saturated heterocycles. The van der Waals surface area contributed by atoms with E-state index in [2.05, 4.69) is 15.4 Å². The lowest BCUT2D eigenvalue weighted by Crippen LogP contribution is -2.14. The predicted molar refractivity (Wildman–Crippen MR) is 79.8 cm³/mol. The van der Waals surface area contributed by atoms with E-state index in [1.54, 1.807) is 4.52 Å². The fourth-order valence-electron chi connectivity index (χ4n) is 2.34.